The quantitative estimate of drug-likeness (QED) is 0.444. The number of methoxy groups -OCH3 is 1. The molecule has 17 heavy (non-hydrogen) atoms. The van der Waals surface area contributed by atoms with Crippen LogP contribution in [0.3, 0.4) is 0 Å². The van der Waals surface area contributed by atoms with Crippen molar-refractivity contribution in [2.45, 2.75) is 12.5 Å². The Morgan fingerprint density at radius 2 is 2.12 bits per heavy atom. The maximum atomic E-state index is 11.1. The van der Waals surface area contributed by atoms with Gasteiger partial charge >= 0.3 is 12.0 Å². The molecule has 1 unspecified atom stereocenters. The van der Waals surface area contributed by atoms with Crippen molar-refractivity contribution in [3.63, 3.8) is 0 Å². The molecule has 0 amide bonds. The van der Waals surface area contributed by atoms with Gasteiger partial charge in [-0.1, -0.05) is 42.5 Å². The SMILES string of the molecule is COC(=O)C(C/C=C/c1ccccc1)[N+](=O)[O-]. The summed E-state index contributed by atoms with van der Waals surface area (Å²) in [7, 11) is 1.14. The third-order valence-corrected chi connectivity index (χ3v) is 2.20. The lowest BCUT2D eigenvalue weighted by atomic mass is 10.1. The van der Waals surface area contributed by atoms with E-state index in [4.69, 9.17) is 0 Å². The number of carbonyl (C=O) groups excluding carboxylic acids is 1. The minimum absolute atomic E-state index is 0.0224. The second-order valence-electron chi connectivity index (χ2n) is 3.37. The lowest BCUT2D eigenvalue weighted by molar-refractivity contribution is -0.509. The predicted molar refractivity (Wildman–Crippen MR) is 62.9 cm³/mol. The molecule has 0 spiro atoms. The van der Waals surface area contributed by atoms with Crippen LogP contribution in [0, 0.1) is 10.1 Å². The zero-order valence-corrected chi connectivity index (χ0v) is 9.41. The average Bonchev–Trinajstić information content (AvgIpc) is 2.34. The van der Waals surface area contributed by atoms with Crippen molar-refractivity contribution in [2.24, 2.45) is 0 Å². The molecular formula is C12H13NO4. The monoisotopic (exact) mass is 235 g/mol. The van der Waals surface area contributed by atoms with Gasteiger partial charge in [-0.2, -0.15) is 0 Å². The molecule has 0 aromatic heterocycles. The fraction of sp³-hybridized carbons (Fsp3) is 0.250. The number of nitro groups is 1. The van der Waals surface area contributed by atoms with E-state index in [9.17, 15) is 14.9 Å². The van der Waals surface area contributed by atoms with E-state index in [-0.39, 0.29) is 6.42 Å². The first-order valence-electron chi connectivity index (χ1n) is 5.08. The summed E-state index contributed by atoms with van der Waals surface area (Å²) in [6, 6.07) is 8.02. The van der Waals surface area contributed by atoms with E-state index in [1.807, 2.05) is 30.3 Å². The molecule has 0 aliphatic heterocycles. The fourth-order valence-corrected chi connectivity index (χ4v) is 1.30. The van der Waals surface area contributed by atoms with Crippen molar-refractivity contribution in [1.29, 1.82) is 0 Å². The average molecular weight is 235 g/mol. The van der Waals surface area contributed by atoms with Crippen LogP contribution in [0.25, 0.3) is 6.08 Å². The van der Waals surface area contributed by atoms with Crippen molar-refractivity contribution in [3.05, 3.63) is 52.1 Å². The van der Waals surface area contributed by atoms with Gasteiger partial charge in [0.25, 0.3) is 0 Å². The molecule has 5 nitrogen and oxygen atoms in total. The number of ether oxygens (including phenoxy) is 1. The molecule has 0 saturated heterocycles. The van der Waals surface area contributed by atoms with E-state index in [1.54, 1.807) is 12.2 Å². The first-order valence-corrected chi connectivity index (χ1v) is 5.08. The molecule has 90 valence electrons. The second kappa shape index (κ2) is 6.42. The van der Waals surface area contributed by atoms with Crippen molar-refractivity contribution in [1.82, 2.24) is 0 Å². The molecular weight excluding hydrogens is 222 g/mol. The topological polar surface area (TPSA) is 69.4 Å². The van der Waals surface area contributed by atoms with Gasteiger partial charge in [-0.25, -0.2) is 4.79 Å². The normalized spacial score (nSPS) is 12.3. The highest BCUT2D eigenvalue weighted by Gasteiger charge is 2.28. The van der Waals surface area contributed by atoms with Crippen molar-refractivity contribution >= 4 is 12.0 Å². The number of hydrogen-bond acceptors (Lipinski definition) is 4. The van der Waals surface area contributed by atoms with E-state index >= 15 is 0 Å². The molecule has 0 heterocycles. The lowest BCUT2D eigenvalue weighted by Gasteiger charge is -2.03. The number of esters is 1. The van der Waals surface area contributed by atoms with Gasteiger partial charge in [0.05, 0.1) is 7.11 Å². The Morgan fingerprint density at radius 3 is 2.65 bits per heavy atom. The minimum Gasteiger partial charge on any atom is -0.464 e. The summed E-state index contributed by atoms with van der Waals surface area (Å²) in [6.45, 7) is 0. The van der Waals surface area contributed by atoms with Crippen molar-refractivity contribution in [2.75, 3.05) is 7.11 Å². The van der Waals surface area contributed by atoms with Crippen LogP contribution in [0.2, 0.25) is 0 Å². The fourth-order valence-electron chi connectivity index (χ4n) is 1.30. The summed E-state index contributed by atoms with van der Waals surface area (Å²) in [5, 5.41) is 10.6. The molecule has 0 aliphatic rings. The van der Waals surface area contributed by atoms with Crippen molar-refractivity contribution in [3.8, 4) is 0 Å². The summed E-state index contributed by atoms with van der Waals surface area (Å²) in [5.41, 5.74) is 0.930. The third-order valence-electron chi connectivity index (χ3n) is 2.20. The molecule has 0 aliphatic carbocycles. The van der Waals surface area contributed by atoms with E-state index in [0.29, 0.717) is 0 Å². The van der Waals surface area contributed by atoms with Crippen LogP contribution in [-0.4, -0.2) is 24.0 Å². The highest BCUT2D eigenvalue weighted by Crippen LogP contribution is 2.06. The van der Waals surface area contributed by atoms with Gasteiger partial charge in [0, 0.05) is 11.3 Å². The van der Waals surface area contributed by atoms with E-state index < -0.39 is 16.9 Å². The molecule has 0 bridgehead atoms. The Labute approximate surface area is 98.9 Å². The smallest absolute Gasteiger partial charge is 0.381 e. The molecule has 0 saturated carbocycles. The zero-order valence-electron chi connectivity index (χ0n) is 9.41. The first-order chi connectivity index (χ1) is 8.15. The Balaban J connectivity index is 2.61. The van der Waals surface area contributed by atoms with Crippen molar-refractivity contribution < 1.29 is 14.5 Å². The maximum absolute atomic E-state index is 11.1. The molecule has 1 aromatic rings. The Kier molecular flexibility index (Phi) is 4.87. The number of nitrogens with zero attached hydrogens (tertiary/aromatic N) is 1. The molecule has 1 atom stereocenters. The van der Waals surface area contributed by atoms with Crippen LogP contribution in [0.4, 0.5) is 0 Å². The van der Waals surface area contributed by atoms with Gasteiger partial charge in [0.2, 0.25) is 0 Å². The molecule has 1 rings (SSSR count). The van der Waals surface area contributed by atoms with Gasteiger partial charge in [-0.3, -0.25) is 10.1 Å². The maximum Gasteiger partial charge on any atom is 0.381 e. The number of hydrogen-bond donors (Lipinski definition) is 0. The lowest BCUT2D eigenvalue weighted by Crippen LogP contribution is -2.29. The summed E-state index contributed by atoms with van der Waals surface area (Å²) >= 11 is 0. The van der Waals surface area contributed by atoms with E-state index in [2.05, 4.69) is 4.74 Å². The van der Waals surface area contributed by atoms with E-state index in [0.717, 1.165) is 12.7 Å². The third kappa shape index (κ3) is 4.06. The van der Waals surface area contributed by atoms with Gasteiger partial charge in [-0.15, -0.1) is 0 Å². The number of carbonyl (C=O) groups is 1. The van der Waals surface area contributed by atoms with Gasteiger partial charge in [-0.05, 0) is 5.56 Å². The summed E-state index contributed by atoms with van der Waals surface area (Å²) < 4.78 is 4.36. The molecule has 5 heteroatoms. The zero-order chi connectivity index (χ0) is 12.7. The van der Waals surface area contributed by atoms with Gasteiger partial charge in [0.1, 0.15) is 0 Å². The number of rotatable bonds is 5. The van der Waals surface area contributed by atoms with Gasteiger partial charge < -0.3 is 4.74 Å². The summed E-state index contributed by atoms with van der Waals surface area (Å²) in [4.78, 5) is 21.1. The summed E-state index contributed by atoms with van der Waals surface area (Å²) in [6.07, 6.45) is 3.35. The molecule has 0 fully saturated rings. The first kappa shape index (κ1) is 12.9. The molecule has 0 radical (unpaired) electrons. The highest BCUT2D eigenvalue weighted by molar-refractivity contribution is 5.74. The minimum atomic E-state index is -1.33. The molecule has 0 N–H and O–H groups in total. The summed E-state index contributed by atoms with van der Waals surface area (Å²) in [5.74, 6) is -0.826. The van der Waals surface area contributed by atoms with Crippen LogP contribution >= 0.6 is 0 Å². The van der Waals surface area contributed by atoms with Crippen LogP contribution in [0.1, 0.15) is 12.0 Å². The standard InChI is InChI=1S/C12H13NO4/c1-17-12(14)11(13(15)16)9-5-8-10-6-3-2-4-7-10/h2-8,11H,9H2,1H3/b8-5+. The number of benzene rings is 1. The predicted octanol–water partition coefficient (Wildman–Crippen LogP) is 1.91. The highest BCUT2D eigenvalue weighted by atomic mass is 16.6. The van der Waals surface area contributed by atoms with E-state index in [1.165, 1.54) is 0 Å². The Hall–Kier alpha value is -2.17. The Morgan fingerprint density at radius 1 is 1.47 bits per heavy atom. The van der Waals surface area contributed by atoms with Crippen LogP contribution < -0.4 is 0 Å². The van der Waals surface area contributed by atoms with Crippen LogP contribution in [-0.2, 0) is 9.53 Å². The molecule has 1 aromatic carbocycles. The Bertz CT molecular complexity index is 414. The van der Waals surface area contributed by atoms with Gasteiger partial charge in [0.15, 0.2) is 0 Å². The van der Waals surface area contributed by atoms with Crippen LogP contribution in [0.15, 0.2) is 36.4 Å². The second-order valence-corrected chi connectivity index (χ2v) is 3.37. The van der Waals surface area contributed by atoms with Crippen LogP contribution in [0.5, 0.6) is 0 Å². The largest absolute Gasteiger partial charge is 0.464 e.